The Hall–Kier alpha value is -2.41. The van der Waals surface area contributed by atoms with E-state index in [-0.39, 0.29) is 24.8 Å². The normalized spacial score (nSPS) is 18.6. The van der Waals surface area contributed by atoms with Crippen LogP contribution in [0.2, 0.25) is 0 Å². The third-order valence-corrected chi connectivity index (χ3v) is 4.99. The van der Waals surface area contributed by atoms with Gasteiger partial charge in [-0.3, -0.25) is 9.78 Å². The Balaban J connectivity index is 1.85. The number of aromatic nitrogens is 1. The number of alkyl halides is 3. The molecule has 28 heavy (non-hydrogen) atoms. The number of amides is 1. The third-order valence-electron chi connectivity index (χ3n) is 4.99. The number of fused-ring (bicyclic) bond motifs is 1. The maximum Gasteiger partial charge on any atom is 0.392 e. The fourth-order valence-corrected chi connectivity index (χ4v) is 3.52. The van der Waals surface area contributed by atoms with Crippen molar-refractivity contribution in [2.45, 2.75) is 38.4 Å². The van der Waals surface area contributed by atoms with E-state index >= 15 is 0 Å². The molecule has 0 spiro atoms. The van der Waals surface area contributed by atoms with Gasteiger partial charge in [-0.05, 0) is 37.8 Å². The minimum atomic E-state index is -4.15. The maximum absolute atomic E-state index is 12.9. The summed E-state index contributed by atoms with van der Waals surface area (Å²) < 4.78 is 43.7. The molecule has 2 atom stereocenters. The van der Waals surface area contributed by atoms with Gasteiger partial charge in [-0.15, -0.1) is 0 Å². The highest BCUT2D eigenvalue weighted by atomic mass is 19.4. The summed E-state index contributed by atoms with van der Waals surface area (Å²) in [6, 6.07) is 7.18. The second-order valence-corrected chi connectivity index (χ2v) is 7.17. The van der Waals surface area contributed by atoms with Crippen molar-refractivity contribution in [3.63, 3.8) is 0 Å². The zero-order valence-corrected chi connectivity index (χ0v) is 15.8. The lowest BCUT2D eigenvalue weighted by Crippen LogP contribution is -2.35. The zero-order chi connectivity index (χ0) is 20.3. The SMILES string of the molecule is COC[C@H](C)NC(=O)c1cnc2c(C3=CCC(C(F)(F)F)CC3)cccc2c1. The fraction of sp³-hybridized carbons (Fsp3) is 0.429. The number of carbonyl (C=O) groups excluding carboxylic acids is 1. The minimum Gasteiger partial charge on any atom is -0.383 e. The van der Waals surface area contributed by atoms with Crippen molar-refractivity contribution >= 4 is 22.4 Å². The molecular formula is C21H23F3N2O2. The van der Waals surface area contributed by atoms with Gasteiger partial charge < -0.3 is 10.1 Å². The molecule has 1 amide bonds. The average Bonchev–Trinajstić information content (AvgIpc) is 2.66. The second-order valence-electron chi connectivity index (χ2n) is 7.17. The Morgan fingerprint density at radius 1 is 1.39 bits per heavy atom. The second kappa shape index (κ2) is 8.31. The van der Waals surface area contributed by atoms with Crippen LogP contribution in [-0.2, 0) is 4.74 Å². The Morgan fingerprint density at radius 3 is 2.82 bits per heavy atom. The number of allylic oxidation sites excluding steroid dienone is 2. The van der Waals surface area contributed by atoms with Gasteiger partial charge in [0.15, 0.2) is 0 Å². The van der Waals surface area contributed by atoms with E-state index < -0.39 is 12.1 Å². The monoisotopic (exact) mass is 392 g/mol. The number of halogens is 3. The molecule has 1 N–H and O–H groups in total. The van der Waals surface area contributed by atoms with E-state index in [9.17, 15) is 18.0 Å². The highest BCUT2D eigenvalue weighted by Crippen LogP contribution is 2.40. The number of ether oxygens (including phenoxy) is 1. The molecule has 150 valence electrons. The Morgan fingerprint density at radius 2 is 2.18 bits per heavy atom. The number of carbonyl (C=O) groups is 1. The van der Waals surface area contributed by atoms with Crippen molar-refractivity contribution in [1.82, 2.24) is 10.3 Å². The molecule has 3 rings (SSSR count). The number of rotatable bonds is 5. The number of para-hydroxylation sites is 1. The Bertz CT molecular complexity index is 893. The molecule has 0 fully saturated rings. The number of hydrogen-bond donors (Lipinski definition) is 1. The van der Waals surface area contributed by atoms with E-state index in [1.165, 1.54) is 6.20 Å². The molecule has 1 aliphatic carbocycles. The molecule has 1 unspecified atom stereocenters. The largest absolute Gasteiger partial charge is 0.392 e. The molecule has 1 aromatic heterocycles. The van der Waals surface area contributed by atoms with Crippen LogP contribution in [0.5, 0.6) is 0 Å². The number of nitrogens with one attached hydrogen (secondary N) is 1. The zero-order valence-electron chi connectivity index (χ0n) is 15.8. The van der Waals surface area contributed by atoms with Gasteiger partial charge in [-0.1, -0.05) is 24.3 Å². The lowest BCUT2D eigenvalue weighted by molar-refractivity contribution is -0.175. The van der Waals surface area contributed by atoms with Crippen LogP contribution in [-0.4, -0.2) is 36.8 Å². The summed E-state index contributed by atoms with van der Waals surface area (Å²) >= 11 is 0. The molecule has 7 heteroatoms. The first-order chi connectivity index (χ1) is 13.3. The number of nitrogens with zero attached hydrogens (tertiary/aromatic N) is 1. The predicted octanol–water partition coefficient (Wildman–Crippen LogP) is 4.75. The fourth-order valence-electron chi connectivity index (χ4n) is 3.52. The lowest BCUT2D eigenvalue weighted by atomic mass is 9.85. The number of methoxy groups -OCH3 is 1. The molecule has 0 aliphatic heterocycles. The number of hydrogen-bond acceptors (Lipinski definition) is 3. The van der Waals surface area contributed by atoms with Crippen LogP contribution in [0.25, 0.3) is 16.5 Å². The van der Waals surface area contributed by atoms with Crippen LogP contribution >= 0.6 is 0 Å². The van der Waals surface area contributed by atoms with E-state index in [4.69, 9.17) is 4.74 Å². The van der Waals surface area contributed by atoms with E-state index in [1.807, 2.05) is 25.1 Å². The molecule has 1 heterocycles. The van der Waals surface area contributed by atoms with E-state index in [1.54, 1.807) is 19.3 Å². The van der Waals surface area contributed by atoms with Gasteiger partial charge in [0.2, 0.25) is 0 Å². The van der Waals surface area contributed by atoms with Crippen molar-refractivity contribution in [3.05, 3.63) is 47.7 Å². The van der Waals surface area contributed by atoms with Crippen molar-refractivity contribution < 1.29 is 22.7 Å². The standard InChI is InChI=1S/C21H23F3N2O2/c1-13(12-28-2)26-20(27)16-10-15-4-3-5-18(19(15)25-11-16)14-6-8-17(9-7-14)21(22,23)24/h3-6,10-11,13,17H,7-9,12H2,1-2H3,(H,26,27)/t13-,17?/m0/s1. The predicted molar refractivity (Wildman–Crippen MR) is 102 cm³/mol. The summed E-state index contributed by atoms with van der Waals surface area (Å²) in [5.41, 5.74) is 2.84. The van der Waals surface area contributed by atoms with Crippen LogP contribution in [0, 0.1) is 5.92 Å². The number of benzene rings is 1. The smallest absolute Gasteiger partial charge is 0.383 e. The van der Waals surface area contributed by atoms with Crippen LogP contribution in [0.4, 0.5) is 13.2 Å². The first-order valence-electron chi connectivity index (χ1n) is 9.24. The van der Waals surface area contributed by atoms with Crippen LogP contribution in [0.1, 0.15) is 42.1 Å². The molecule has 0 saturated heterocycles. The van der Waals surface area contributed by atoms with E-state index in [0.29, 0.717) is 24.1 Å². The maximum atomic E-state index is 12.9. The van der Waals surface area contributed by atoms with Gasteiger partial charge in [-0.25, -0.2) is 0 Å². The molecule has 1 aliphatic rings. The van der Waals surface area contributed by atoms with Gasteiger partial charge in [0.1, 0.15) is 0 Å². The molecule has 4 nitrogen and oxygen atoms in total. The van der Waals surface area contributed by atoms with Crippen molar-refractivity contribution in [2.75, 3.05) is 13.7 Å². The summed E-state index contributed by atoms with van der Waals surface area (Å²) in [5.74, 6) is -1.52. The molecule has 0 radical (unpaired) electrons. The summed E-state index contributed by atoms with van der Waals surface area (Å²) in [6.07, 6.45) is -0.534. The lowest BCUT2D eigenvalue weighted by Gasteiger charge is -2.24. The third kappa shape index (κ3) is 4.52. The molecule has 1 aromatic carbocycles. The van der Waals surface area contributed by atoms with Gasteiger partial charge in [-0.2, -0.15) is 13.2 Å². The highest BCUT2D eigenvalue weighted by Gasteiger charge is 2.39. The van der Waals surface area contributed by atoms with Crippen LogP contribution < -0.4 is 5.32 Å². The molecule has 0 bridgehead atoms. The van der Waals surface area contributed by atoms with Gasteiger partial charge in [0.05, 0.1) is 23.6 Å². The Kier molecular flexibility index (Phi) is 6.03. The van der Waals surface area contributed by atoms with E-state index in [0.717, 1.165) is 16.5 Å². The molecular weight excluding hydrogens is 369 g/mol. The number of pyridine rings is 1. The van der Waals surface area contributed by atoms with Gasteiger partial charge in [0, 0.05) is 30.3 Å². The average molecular weight is 392 g/mol. The summed E-state index contributed by atoms with van der Waals surface area (Å²) in [5, 5.41) is 3.62. The first kappa shape index (κ1) is 20.3. The van der Waals surface area contributed by atoms with Gasteiger partial charge in [0.25, 0.3) is 5.91 Å². The first-order valence-corrected chi connectivity index (χ1v) is 9.24. The topological polar surface area (TPSA) is 51.2 Å². The van der Waals surface area contributed by atoms with Crippen LogP contribution in [0.3, 0.4) is 0 Å². The molecule has 2 aromatic rings. The quantitative estimate of drug-likeness (QED) is 0.799. The summed E-state index contributed by atoms with van der Waals surface area (Å²) in [4.78, 5) is 16.8. The van der Waals surface area contributed by atoms with Crippen LogP contribution in [0.15, 0.2) is 36.5 Å². The Labute approximate surface area is 161 Å². The summed E-state index contributed by atoms with van der Waals surface area (Å²) in [7, 11) is 1.57. The van der Waals surface area contributed by atoms with Gasteiger partial charge >= 0.3 is 6.18 Å². The van der Waals surface area contributed by atoms with Crippen molar-refractivity contribution in [2.24, 2.45) is 5.92 Å². The van der Waals surface area contributed by atoms with Crippen molar-refractivity contribution in [1.29, 1.82) is 0 Å². The highest BCUT2D eigenvalue weighted by molar-refractivity contribution is 5.99. The molecule has 0 saturated carbocycles. The summed E-state index contributed by atoms with van der Waals surface area (Å²) in [6.45, 7) is 2.25. The van der Waals surface area contributed by atoms with Crippen molar-refractivity contribution in [3.8, 4) is 0 Å². The minimum absolute atomic E-state index is 0.00685. The van der Waals surface area contributed by atoms with E-state index in [2.05, 4.69) is 10.3 Å².